The molecular formula is C25H38O6. The zero-order chi connectivity index (χ0) is 22.5. The smallest absolute Gasteiger partial charge is 0.309 e. The van der Waals surface area contributed by atoms with Crippen LogP contribution in [-0.2, 0) is 23.9 Å². The number of methoxy groups -OCH3 is 1. The lowest BCUT2D eigenvalue weighted by molar-refractivity contribution is -0.175. The molecule has 4 aliphatic rings. The molecular weight excluding hydrogens is 396 g/mol. The highest BCUT2D eigenvalue weighted by molar-refractivity contribution is 5.77. The normalized spacial score (nSPS) is 40.3. The number of rotatable bonds is 9. The summed E-state index contributed by atoms with van der Waals surface area (Å²) in [6, 6.07) is 0. The summed E-state index contributed by atoms with van der Waals surface area (Å²) in [5.41, 5.74) is -0.453. The van der Waals surface area contributed by atoms with Crippen LogP contribution in [0.25, 0.3) is 0 Å². The summed E-state index contributed by atoms with van der Waals surface area (Å²) < 4.78 is 11.2. The molecule has 0 aliphatic heterocycles. The van der Waals surface area contributed by atoms with E-state index >= 15 is 0 Å². The predicted molar refractivity (Wildman–Crippen MR) is 114 cm³/mol. The van der Waals surface area contributed by atoms with Gasteiger partial charge in [0.15, 0.2) is 0 Å². The molecule has 4 rings (SSSR count). The Bertz CT molecular complexity index is 734. The first-order valence-electron chi connectivity index (χ1n) is 12.2. The molecule has 4 aliphatic carbocycles. The third-order valence-corrected chi connectivity index (χ3v) is 9.39. The van der Waals surface area contributed by atoms with E-state index in [-0.39, 0.29) is 24.8 Å². The Kier molecular flexibility index (Phi) is 6.12. The number of aliphatic carboxylic acids is 1. The number of hydrogen-bond donors (Lipinski definition) is 1. The van der Waals surface area contributed by atoms with Gasteiger partial charge in [0.1, 0.15) is 5.60 Å². The van der Waals surface area contributed by atoms with E-state index in [1.807, 2.05) is 6.92 Å². The molecule has 0 aromatic heterocycles. The van der Waals surface area contributed by atoms with Gasteiger partial charge in [-0.05, 0) is 87.9 Å². The van der Waals surface area contributed by atoms with Gasteiger partial charge in [-0.3, -0.25) is 14.4 Å². The van der Waals surface area contributed by atoms with Crippen molar-refractivity contribution in [3.63, 3.8) is 0 Å². The second-order valence-electron chi connectivity index (χ2n) is 11.1. The van der Waals surface area contributed by atoms with E-state index in [2.05, 4.69) is 6.92 Å². The molecule has 0 heterocycles. The zero-order valence-electron chi connectivity index (χ0n) is 19.3. The molecule has 0 aromatic carbocycles. The highest BCUT2D eigenvalue weighted by Crippen LogP contribution is 2.70. The maximum atomic E-state index is 13.4. The van der Waals surface area contributed by atoms with Crippen LogP contribution in [0.4, 0.5) is 0 Å². The number of hydrogen-bond acceptors (Lipinski definition) is 5. The lowest BCUT2D eigenvalue weighted by atomic mass is 9.66. The maximum absolute atomic E-state index is 13.4. The standard InChI is InChI=1S/C25H38O6/c1-5-14(23(28)30-4)9-17(8-13(2)22(26)27)24(29)31-25(3)12-18-11-19(25)21-16-7-6-15(10-16)20(18)21/h13-21H,5-12H2,1-4H3,(H,26,27). The number of carbonyl (C=O) groups excluding carboxylic acids is 2. The van der Waals surface area contributed by atoms with Crippen LogP contribution in [0.5, 0.6) is 0 Å². The minimum absolute atomic E-state index is 0.183. The van der Waals surface area contributed by atoms with Gasteiger partial charge in [0.25, 0.3) is 0 Å². The van der Waals surface area contributed by atoms with Crippen molar-refractivity contribution in [1.29, 1.82) is 0 Å². The maximum Gasteiger partial charge on any atom is 0.309 e. The van der Waals surface area contributed by atoms with E-state index < -0.39 is 29.3 Å². The first kappa shape index (κ1) is 22.6. The lowest BCUT2D eigenvalue weighted by Gasteiger charge is -2.44. The number of fused-ring (bicyclic) bond motifs is 9. The average molecular weight is 435 g/mol. The van der Waals surface area contributed by atoms with Gasteiger partial charge in [0.05, 0.1) is 24.9 Å². The van der Waals surface area contributed by atoms with Gasteiger partial charge in [-0.1, -0.05) is 13.8 Å². The summed E-state index contributed by atoms with van der Waals surface area (Å²) in [5, 5.41) is 9.40. The Labute approximate surface area is 185 Å². The largest absolute Gasteiger partial charge is 0.481 e. The summed E-state index contributed by atoms with van der Waals surface area (Å²) >= 11 is 0. The topological polar surface area (TPSA) is 89.9 Å². The molecule has 0 radical (unpaired) electrons. The zero-order valence-corrected chi connectivity index (χ0v) is 19.3. The highest BCUT2D eigenvalue weighted by Gasteiger charge is 2.67. The number of ether oxygens (including phenoxy) is 2. The number of carboxylic acids is 1. The molecule has 174 valence electrons. The van der Waals surface area contributed by atoms with Crippen LogP contribution < -0.4 is 0 Å². The number of esters is 2. The summed E-state index contributed by atoms with van der Waals surface area (Å²) in [4.78, 5) is 37.0. The minimum Gasteiger partial charge on any atom is -0.481 e. The predicted octanol–water partition coefficient (Wildman–Crippen LogP) is 4.31. The van der Waals surface area contributed by atoms with Crippen LogP contribution in [-0.4, -0.2) is 35.7 Å². The van der Waals surface area contributed by atoms with E-state index in [1.54, 1.807) is 6.92 Å². The fraction of sp³-hybridized carbons (Fsp3) is 0.880. The lowest BCUT2D eigenvalue weighted by Crippen LogP contribution is -2.46. The fourth-order valence-electron chi connectivity index (χ4n) is 8.05. The summed E-state index contributed by atoms with van der Waals surface area (Å²) in [6.07, 6.45) is 7.19. The molecule has 0 spiro atoms. The minimum atomic E-state index is -0.931. The number of carboxylic acid groups (broad SMARTS) is 1. The average Bonchev–Trinajstić information content (AvgIpc) is 3.48. The van der Waals surface area contributed by atoms with Gasteiger partial charge in [0, 0.05) is 5.92 Å². The van der Waals surface area contributed by atoms with Crippen molar-refractivity contribution in [3.8, 4) is 0 Å². The van der Waals surface area contributed by atoms with E-state index in [1.165, 1.54) is 32.8 Å². The quantitative estimate of drug-likeness (QED) is 0.430. The molecule has 0 aromatic rings. The van der Waals surface area contributed by atoms with Gasteiger partial charge < -0.3 is 14.6 Å². The van der Waals surface area contributed by atoms with Crippen LogP contribution >= 0.6 is 0 Å². The summed E-state index contributed by atoms with van der Waals surface area (Å²) in [7, 11) is 1.35. The second kappa shape index (κ2) is 8.40. The summed E-state index contributed by atoms with van der Waals surface area (Å²) in [6.45, 7) is 5.60. The molecule has 4 fully saturated rings. The van der Waals surface area contributed by atoms with E-state index in [4.69, 9.17) is 9.47 Å². The first-order chi connectivity index (χ1) is 14.7. The molecule has 31 heavy (non-hydrogen) atoms. The molecule has 1 N–H and O–H groups in total. The Morgan fingerprint density at radius 3 is 2.29 bits per heavy atom. The van der Waals surface area contributed by atoms with E-state index in [0.29, 0.717) is 24.2 Å². The van der Waals surface area contributed by atoms with Gasteiger partial charge in [-0.2, -0.15) is 0 Å². The molecule has 0 amide bonds. The molecule has 6 heteroatoms. The first-order valence-corrected chi connectivity index (χ1v) is 12.2. The monoisotopic (exact) mass is 434 g/mol. The van der Waals surface area contributed by atoms with Crippen molar-refractivity contribution < 1.29 is 29.0 Å². The van der Waals surface area contributed by atoms with Crippen LogP contribution in [0.3, 0.4) is 0 Å². The van der Waals surface area contributed by atoms with Crippen molar-refractivity contribution in [1.82, 2.24) is 0 Å². The SMILES string of the molecule is CCC(CC(CC(C)C(=O)O)C(=O)OC1(C)CC2CC1C1C3CCC(C3)C21)C(=O)OC. The van der Waals surface area contributed by atoms with Gasteiger partial charge in [0.2, 0.25) is 0 Å². The fourth-order valence-corrected chi connectivity index (χ4v) is 8.05. The van der Waals surface area contributed by atoms with Crippen molar-refractivity contribution in [2.24, 2.45) is 53.3 Å². The summed E-state index contributed by atoms with van der Waals surface area (Å²) in [5.74, 6) is 1.01. The third-order valence-electron chi connectivity index (χ3n) is 9.39. The van der Waals surface area contributed by atoms with Gasteiger partial charge >= 0.3 is 17.9 Å². The Balaban J connectivity index is 1.48. The van der Waals surface area contributed by atoms with Gasteiger partial charge in [-0.15, -0.1) is 0 Å². The molecule has 4 bridgehead atoms. The van der Waals surface area contributed by atoms with Crippen molar-refractivity contribution in [3.05, 3.63) is 0 Å². The third kappa shape index (κ3) is 3.89. The Morgan fingerprint density at radius 2 is 1.68 bits per heavy atom. The van der Waals surface area contributed by atoms with Crippen LogP contribution in [0.2, 0.25) is 0 Å². The van der Waals surface area contributed by atoms with E-state index in [9.17, 15) is 19.5 Å². The van der Waals surface area contributed by atoms with Crippen molar-refractivity contribution in [2.75, 3.05) is 7.11 Å². The number of carbonyl (C=O) groups is 3. The second-order valence-corrected chi connectivity index (χ2v) is 11.1. The van der Waals surface area contributed by atoms with Gasteiger partial charge in [-0.25, -0.2) is 0 Å². The molecule has 4 saturated carbocycles. The molecule has 0 saturated heterocycles. The molecule has 6 nitrogen and oxygen atoms in total. The molecule has 10 unspecified atom stereocenters. The van der Waals surface area contributed by atoms with Crippen LogP contribution in [0, 0.1) is 53.3 Å². The Morgan fingerprint density at radius 1 is 1.00 bits per heavy atom. The molecule has 10 atom stereocenters. The van der Waals surface area contributed by atoms with Crippen molar-refractivity contribution in [2.45, 2.75) is 77.7 Å². The van der Waals surface area contributed by atoms with Crippen LogP contribution in [0.1, 0.15) is 72.1 Å². The van der Waals surface area contributed by atoms with Crippen LogP contribution in [0.15, 0.2) is 0 Å². The highest BCUT2D eigenvalue weighted by atomic mass is 16.6. The Hall–Kier alpha value is -1.59. The van der Waals surface area contributed by atoms with E-state index in [0.717, 1.165) is 24.2 Å². The van der Waals surface area contributed by atoms with Crippen molar-refractivity contribution >= 4 is 17.9 Å².